The van der Waals surface area contributed by atoms with Crippen LogP contribution in [0.4, 0.5) is 13.2 Å². The number of aryl methyl sites for hydroxylation is 1. The summed E-state index contributed by atoms with van der Waals surface area (Å²) in [6.07, 6.45) is 0. The fourth-order valence-corrected chi connectivity index (χ4v) is 2.61. The van der Waals surface area contributed by atoms with E-state index in [-0.39, 0.29) is 36.1 Å². The van der Waals surface area contributed by atoms with Gasteiger partial charge in [0, 0.05) is 5.56 Å². The third-order valence-electron chi connectivity index (χ3n) is 4.19. The Morgan fingerprint density at radius 2 is 1.48 bits per heavy atom. The van der Waals surface area contributed by atoms with Crippen LogP contribution in [0.2, 0.25) is 0 Å². The summed E-state index contributed by atoms with van der Waals surface area (Å²) < 4.78 is 52.5. The number of benzene rings is 3. The van der Waals surface area contributed by atoms with E-state index in [0.717, 1.165) is 5.56 Å². The normalized spacial score (nSPS) is 10.2. The van der Waals surface area contributed by atoms with Gasteiger partial charge in [0.1, 0.15) is 6.61 Å². The van der Waals surface area contributed by atoms with Gasteiger partial charge in [0.15, 0.2) is 23.1 Å². The van der Waals surface area contributed by atoms with E-state index >= 15 is 0 Å². The molecule has 148 valence electrons. The topological polar surface area (TPSA) is 18.5 Å². The summed E-state index contributed by atoms with van der Waals surface area (Å²) in [7, 11) is 0. The highest BCUT2D eigenvalue weighted by Crippen LogP contribution is 2.23. The number of hydrogen-bond donors (Lipinski definition) is 0. The lowest BCUT2D eigenvalue weighted by Gasteiger charge is -2.08. The molecule has 0 aliphatic carbocycles. The Morgan fingerprint density at radius 1 is 0.759 bits per heavy atom. The molecule has 0 fully saturated rings. The molecule has 0 aliphatic rings. The first kappa shape index (κ1) is 20.3. The zero-order valence-corrected chi connectivity index (χ0v) is 16.1. The van der Waals surface area contributed by atoms with E-state index in [1.807, 2.05) is 0 Å². The molecule has 0 aliphatic heterocycles. The molecule has 29 heavy (non-hydrogen) atoms. The van der Waals surface area contributed by atoms with Crippen molar-refractivity contribution in [1.82, 2.24) is 0 Å². The molecule has 0 spiro atoms. The van der Waals surface area contributed by atoms with E-state index in [1.165, 1.54) is 12.1 Å². The molecule has 2 nitrogen and oxygen atoms in total. The summed E-state index contributed by atoms with van der Waals surface area (Å²) in [4.78, 5) is 0. The highest BCUT2D eigenvalue weighted by Gasteiger charge is 2.13. The third kappa shape index (κ3) is 4.91. The maximum absolute atomic E-state index is 14.1. The van der Waals surface area contributed by atoms with Crippen molar-refractivity contribution in [2.45, 2.75) is 20.5 Å². The highest BCUT2D eigenvalue weighted by molar-refractivity contribution is 5.46. The summed E-state index contributed by atoms with van der Waals surface area (Å²) in [6.45, 7) is 3.81. The zero-order chi connectivity index (χ0) is 20.8. The lowest BCUT2D eigenvalue weighted by atomic mass is 10.1. The quantitative estimate of drug-likeness (QED) is 0.508. The van der Waals surface area contributed by atoms with Crippen LogP contribution in [-0.4, -0.2) is 6.61 Å². The van der Waals surface area contributed by atoms with E-state index in [1.54, 1.807) is 56.3 Å². The molecule has 0 amide bonds. The molecule has 0 N–H and O–H groups in total. The van der Waals surface area contributed by atoms with Crippen molar-refractivity contribution in [3.8, 4) is 23.3 Å². The van der Waals surface area contributed by atoms with Gasteiger partial charge in [0.25, 0.3) is 0 Å². The van der Waals surface area contributed by atoms with Gasteiger partial charge in [-0.3, -0.25) is 0 Å². The Labute approximate surface area is 167 Å². The number of ether oxygens (including phenoxy) is 2. The molecule has 0 bridgehead atoms. The van der Waals surface area contributed by atoms with Crippen LogP contribution in [0.25, 0.3) is 0 Å². The first-order valence-electron chi connectivity index (χ1n) is 9.09. The van der Waals surface area contributed by atoms with Crippen LogP contribution in [0, 0.1) is 36.2 Å². The molecular formula is C24H19F3O2. The molecular weight excluding hydrogens is 377 g/mol. The first-order chi connectivity index (χ1) is 14.0. The van der Waals surface area contributed by atoms with E-state index in [2.05, 4.69) is 11.8 Å². The lowest BCUT2D eigenvalue weighted by molar-refractivity contribution is 0.289. The van der Waals surface area contributed by atoms with Gasteiger partial charge in [-0.05, 0) is 55.3 Å². The van der Waals surface area contributed by atoms with Crippen molar-refractivity contribution in [2.75, 3.05) is 6.61 Å². The number of halogens is 3. The van der Waals surface area contributed by atoms with Gasteiger partial charge < -0.3 is 9.47 Å². The van der Waals surface area contributed by atoms with Crippen LogP contribution in [0.3, 0.4) is 0 Å². The first-order valence-corrected chi connectivity index (χ1v) is 9.09. The average molecular weight is 396 g/mol. The van der Waals surface area contributed by atoms with Crippen LogP contribution in [-0.2, 0) is 6.61 Å². The van der Waals surface area contributed by atoms with Crippen LogP contribution in [0.1, 0.15) is 29.2 Å². The fraction of sp³-hybridized carbons (Fsp3) is 0.167. The van der Waals surface area contributed by atoms with Crippen LogP contribution >= 0.6 is 0 Å². The molecule has 0 saturated heterocycles. The van der Waals surface area contributed by atoms with Crippen molar-refractivity contribution in [1.29, 1.82) is 0 Å². The molecule has 0 atom stereocenters. The SMILES string of the molecule is CCOc1ccc(C#Cc2ccc(COc3cccc(C)c3F)cc2)c(F)c1F. The second-order valence-corrected chi connectivity index (χ2v) is 6.29. The summed E-state index contributed by atoms with van der Waals surface area (Å²) in [5.74, 6) is 3.03. The molecule has 5 heteroatoms. The van der Waals surface area contributed by atoms with Crippen molar-refractivity contribution in [3.05, 3.63) is 94.3 Å². The minimum absolute atomic E-state index is 0.0479. The van der Waals surface area contributed by atoms with Crippen molar-refractivity contribution < 1.29 is 22.6 Å². The predicted octanol–water partition coefficient (Wildman–Crippen LogP) is 5.79. The Kier molecular flexibility index (Phi) is 6.46. The molecule has 0 radical (unpaired) electrons. The zero-order valence-electron chi connectivity index (χ0n) is 16.1. The average Bonchev–Trinajstić information content (AvgIpc) is 2.73. The summed E-state index contributed by atoms with van der Waals surface area (Å²) in [5.41, 5.74) is 1.93. The molecule has 0 saturated carbocycles. The molecule has 3 rings (SSSR count). The lowest BCUT2D eigenvalue weighted by Crippen LogP contribution is -1.99. The van der Waals surface area contributed by atoms with Crippen LogP contribution in [0.5, 0.6) is 11.5 Å². The fourth-order valence-electron chi connectivity index (χ4n) is 2.61. The maximum Gasteiger partial charge on any atom is 0.201 e. The molecule has 0 aromatic heterocycles. The number of hydrogen-bond acceptors (Lipinski definition) is 2. The molecule has 0 unspecified atom stereocenters. The van der Waals surface area contributed by atoms with Crippen LogP contribution < -0.4 is 9.47 Å². The van der Waals surface area contributed by atoms with Gasteiger partial charge >= 0.3 is 0 Å². The van der Waals surface area contributed by atoms with Gasteiger partial charge in [-0.15, -0.1) is 0 Å². The van der Waals surface area contributed by atoms with E-state index < -0.39 is 11.6 Å². The Balaban J connectivity index is 1.69. The predicted molar refractivity (Wildman–Crippen MR) is 105 cm³/mol. The molecule has 3 aromatic rings. The Bertz CT molecular complexity index is 1060. The largest absolute Gasteiger partial charge is 0.491 e. The molecule has 3 aromatic carbocycles. The Morgan fingerprint density at radius 3 is 2.21 bits per heavy atom. The van der Waals surface area contributed by atoms with E-state index in [4.69, 9.17) is 9.47 Å². The maximum atomic E-state index is 14.1. The standard InChI is InChI=1S/C24H19F3O2/c1-3-28-21-14-13-19(23(26)24(21)27)12-11-17-7-9-18(10-8-17)15-29-20-6-4-5-16(2)22(20)25/h4-10,13-14H,3,15H2,1-2H3. The van der Waals surface area contributed by atoms with E-state index in [0.29, 0.717) is 11.1 Å². The second kappa shape index (κ2) is 9.20. The summed E-state index contributed by atoms with van der Waals surface area (Å²) in [5, 5.41) is 0. The highest BCUT2D eigenvalue weighted by atomic mass is 19.2. The second-order valence-electron chi connectivity index (χ2n) is 6.29. The van der Waals surface area contributed by atoms with Gasteiger partial charge in [-0.1, -0.05) is 36.1 Å². The van der Waals surface area contributed by atoms with E-state index in [9.17, 15) is 13.2 Å². The molecule has 0 heterocycles. The van der Waals surface area contributed by atoms with Gasteiger partial charge in [0.05, 0.1) is 12.2 Å². The third-order valence-corrected chi connectivity index (χ3v) is 4.19. The van der Waals surface area contributed by atoms with Gasteiger partial charge in [-0.25, -0.2) is 8.78 Å². The minimum atomic E-state index is -1.05. The Hall–Kier alpha value is -3.39. The van der Waals surface area contributed by atoms with Gasteiger partial charge in [-0.2, -0.15) is 4.39 Å². The van der Waals surface area contributed by atoms with Crippen molar-refractivity contribution in [2.24, 2.45) is 0 Å². The smallest absolute Gasteiger partial charge is 0.201 e. The number of rotatable bonds is 5. The minimum Gasteiger partial charge on any atom is -0.491 e. The monoisotopic (exact) mass is 396 g/mol. The van der Waals surface area contributed by atoms with Crippen LogP contribution in [0.15, 0.2) is 54.6 Å². The summed E-state index contributed by atoms with van der Waals surface area (Å²) in [6, 6.07) is 14.8. The van der Waals surface area contributed by atoms with Gasteiger partial charge in [0.2, 0.25) is 5.82 Å². The van der Waals surface area contributed by atoms with Crippen molar-refractivity contribution in [3.63, 3.8) is 0 Å². The summed E-state index contributed by atoms with van der Waals surface area (Å²) >= 11 is 0. The van der Waals surface area contributed by atoms with Crippen molar-refractivity contribution >= 4 is 0 Å².